The zero-order valence-corrected chi connectivity index (χ0v) is 9.59. The monoisotopic (exact) mass is 197 g/mol. The molecule has 1 saturated carbocycles. The predicted molar refractivity (Wildman–Crippen MR) is 57.1 cm³/mol. The smallest absolute Gasteiger partial charge is 0.403 e. The van der Waals surface area contributed by atoms with Gasteiger partial charge in [-0.25, -0.2) is 0 Å². The van der Waals surface area contributed by atoms with Gasteiger partial charge in [0.1, 0.15) is 0 Å². The van der Waals surface area contributed by atoms with Crippen LogP contribution < -0.4 is 5.73 Å². The molecule has 0 amide bonds. The van der Waals surface area contributed by atoms with Crippen LogP contribution >= 0.6 is 0 Å². The first-order valence-electron chi connectivity index (χ1n) is 5.39. The van der Waals surface area contributed by atoms with Gasteiger partial charge < -0.3 is 15.0 Å². The normalized spacial score (nSPS) is 31.9. The Balaban J connectivity index is 2.14. The molecular weight excluding hydrogens is 177 g/mol. The van der Waals surface area contributed by atoms with E-state index in [4.69, 9.17) is 15.0 Å². The maximum Gasteiger partial charge on any atom is 0.465 e. The lowest BCUT2D eigenvalue weighted by Gasteiger charge is -2.32. The third-order valence-electron chi connectivity index (χ3n) is 4.05. The minimum absolute atomic E-state index is 0.0995. The summed E-state index contributed by atoms with van der Waals surface area (Å²) in [6.45, 7) is 9.00. The molecule has 0 bridgehead atoms. The molecule has 80 valence electrons. The van der Waals surface area contributed by atoms with Gasteiger partial charge in [0.2, 0.25) is 0 Å². The number of hydrogen-bond acceptors (Lipinski definition) is 3. The van der Waals surface area contributed by atoms with Crippen molar-refractivity contribution in [2.75, 3.05) is 6.54 Å². The third kappa shape index (κ3) is 1.32. The molecule has 0 spiro atoms. The van der Waals surface area contributed by atoms with Crippen molar-refractivity contribution in [3.8, 4) is 0 Å². The third-order valence-corrected chi connectivity index (χ3v) is 4.05. The van der Waals surface area contributed by atoms with E-state index in [9.17, 15) is 0 Å². The molecule has 3 nitrogen and oxygen atoms in total. The van der Waals surface area contributed by atoms with E-state index in [0.29, 0.717) is 6.54 Å². The quantitative estimate of drug-likeness (QED) is 0.683. The van der Waals surface area contributed by atoms with Crippen molar-refractivity contribution in [2.45, 2.75) is 57.1 Å². The van der Waals surface area contributed by atoms with Crippen molar-refractivity contribution < 1.29 is 9.31 Å². The lowest BCUT2D eigenvalue weighted by atomic mass is 9.68. The summed E-state index contributed by atoms with van der Waals surface area (Å²) >= 11 is 0. The van der Waals surface area contributed by atoms with Crippen molar-refractivity contribution in [1.29, 1.82) is 0 Å². The predicted octanol–water partition coefficient (Wildman–Crippen LogP) is 1.57. The Morgan fingerprint density at radius 1 is 1.07 bits per heavy atom. The van der Waals surface area contributed by atoms with E-state index in [1.165, 1.54) is 0 Å². The fourth-order valence-electron chi connectivity index (χ4n) is 1.79. The maximum atomic E-state index is 5.98. The number of hydrogen-bond donors (Lipinski definition) is 1. The Morgan fingerprint density at radius 3 is 1.79 bits per heavy atom. The summed E-state index contributed by atoms with van der Waals surface area (Å²) in [5.41, 5.74) is 5.33. The zero-order valence-electron chi connectivity index (χ0n) is 9.59. The van der Waals surface area contributed by atoms with Crippen LogP contribution in [-0.4, -0.2) is 24.9 Å². The van der Waals surface area contributed by atoms with Crippen LogP contribution in [0.1, 0.15) is 40.5 Å². The molecule has 0 atom stereocenters. The second-order valence-corrected chi connectivity index (χ2v) is 5.65. The van der Waals surface area contributed by atoms with Gasteiger partial charge in [0.25, 0.3) is 0 Å². The highest BCUT2D eigenvalue weighted by atomic mass is 16.7. The molecule has 0 aromatic heterocycles. The highest BCUT2D eigenvalue weighted by Crippen LogP contribution is 2.59. The second kappa shape index (κ2) is 2.74. The number of nitrogens with two attached hydrogens (primary N) is 1. The van der Waals surface area contributed by atoms with Crippen LogP contribution in [0.3, 0.4) is 0 Å². The molecular formula is C10H20BNO2. The number of rotatable bonds is 2. The molecule has 2 rings (SSSR count). The fraction of sp³-hybridized carbons (Fsp3) is 1.00. The minimum atomic E-state index is -0.220. The van der Waals surface area contributed by atoms with Crippen LogP contribution in [-0.2, 0) is 9.31 Å². The summed E-state index contributed by atoms with van der Waals surface area (Å²) in [7, 11) is -0.0995. The van der Waals surface area contributed by atoms with Crippen LogP contribution in [0.4, 0.5) is 0 Å². The van der Waals surface area contributed by atoms with Crippen molar-refractivity contribution in [1.82, 2.24) is 0 Å². The van der Waals surface area contributed by atoms with Crippen molar-refractivity contribution in [3.63, 3.8) is 0 Å². The molecule has 0 unspecified atom stereocenters. The molecule has 2 N–H and O–H groups in total. The Kier molecular flexibility index (Phi) is 2.05. The molecule has 1 saturated heterocycles. The molecule has 2 aliphatic rings. The van der Waals surface area contributed by atoms with Gasteiger partial charge in [-0.15, -0.1) is 0 Å². The molecule has 4 heteroatoms. The van der Waals surface area contributed by atoms with Gasteiger partial charge in [-0.1, -0.05) is 0 Å². The van der Waals surface area contributed by atoms with E-state index in [0.717, 1.165) is 12.8 Å². The maximum absolute atomic E-state index is 5.98. The highest BCUT2D eigenvalue weighted by Gasteiger charge is 2.63. The minimum Gasteiger partial charge on any atom is -0.403 e. The van der Waals surface area contributed by atoms with Crippen LogP contribution in [0.5, 0.6) is 0 Å². The summed E-state index contributed by atoms with van der Waals surface area (Å²) in [6, 6.07) is 0. The summed E-state index contributed by atoms with van der Waals surface area (Å²) in [5, 5.41) is 0.116. The van der Waals surface area contributed by atoms with Crippen molar-refractivity contribution >= 4 is 7.12 Å². The van der Waals surface area contributed by atoms with Crippen LogP contribution in [0.15, 0.2) is 0 Å². The molecule has 14 heavy (non-hydrogen) atoms. The molecule has 1 aliphatic carbocycles. The SMILES string of the molecule is CC1(C)OB(C2(CN)CC2)OC1(C)C. The van der Waals surface area contributed by atoms with E-state index < -0.39 is 0 Å². The largest absolute Gasteiger partial charge is 0.465 e. The van der Waals surface area contributed by atoms with Gasteiger partial charge in [-0.2, -0.15) is 0 Å². The van der Waals surface area contributed by atoms with E-state index in [1.807, 2.05) is 0 Å². The second-order valence-electron chi connectivity index (χ2n) is 5.65. The summed E-state index contributed by atoms with van der Waals surface area (Å²) < 4.78 is 12.0. The Hall–Kier alpha value is -0.0551. The average Bonchev–Trinajstić information content (AvgIpc) is 2.77. The topological polar surface area (TPSA) is 44.5 Å². The van der Waals surface area contributed by atoms with E-state index in [2.05, 4.69) is 27.7 Å². The van der Waals surface area contributed by atoms with Gasteiger partial charge in [-0.3, -0.25) is 0 Å². The van der Waals surface area contributed by atoms with Gasteiger partial charge >= 0.3 is 7.12 Å². The molecule has 0 aromatic rings. The first-order chi connectivity index (χ1) is 6.33. The van der Waals surface area contributed by atoms with Gasteiger partial charge in [0.05, 0.1) is 11.2 Å². The summed E-state index contributed by atoms with van der Waals surface area (Å²) in [6.07, 6.45) is 2.28. The molecule has 2 fully saturated rings. The first-order valence-corrected chi connectivity index (χ1v) is 5.39. The molecule has 0 aromatic carbocycles. The average molecular weight is 197 g/mol. The van der Waals surface area contributed by atoms with E-state index in [-0.39, 0.29) is 23.6 Å². The zero-order chi connectivity index (χ0) is 10.6. The first kappa shape index (κ1) is 10.5. The molecule has 0 radical (unpaired) electrons. The van der Waals surface area contributed by atoms with Crippen molar-refractivity contribution in [2.24, 2.45) is 5.73 Å². The van der Waals surface area contributed by atoms with Gasteiger partial charge in [0.15, 0.2) is 0 Å². The van der Waals surface area contributed by atoms with E-state index >= 15 is 0 Å². The summed E-state index contributed by atoms with van der Waals surface area (Å²) in [5.74, 6) is 0. The van der Waals surface area contributed by atoms with Crippen LogP contribution in [0.25, 0.3) is 0 Å². The molecule has 1 aliphatic heterocycles. The van der Waals surface area contributed by atoms with Crippen LogP contribution in [0, 0.1) is 0 Å². The lowest BCUT2D eigenvalue weighted by molar-refractivity contribution is 0.00578. The van der Waals surface area contributed by atoms with Gasteiger partial charge in [-0.05, 0) is 47.1 Å². The van der Waals surface area contributed by atoms with Crippen LogP contribution in [0.2, 0.25) is 5.31 Å². The molecule has 1 heterocycles. The summed E-state index contributed by atoms with van der Waals surface area (Å²) in [4.78, 5) is 0. The standard InChI is InChI=1S/C10H20BNO2/c1-8(2)9(3,4)14-11(13-8)10(7-12)5-6-10/h5-7,12H2,1-4H3. The van der Waals surface area contributed by atoms with Gasteiger partial charge in [0, 0.05) is 5.31 Å². The van der Waals surface area contributed by atoms with E-state index in [1.54, 1.807) is 0 Å². The van der Waals surface area contributed by atoms with Crippen molar-refractivity contribution in [3.05, 3.63) is 0 Å². The Bertz CT molecular complexity index is 233. The Morgan fingerprint density at radius 2 is 1.50 bits per heavy atom. The Labute approximate surface area is 86.5 Å². The highest BCUT2D eigenvalue weighted by molar-refractivity contribution is 6.51. The fourth-order valence-corrected chi connectivity index (χ4v) is 1.79. The lowest BCUT2D eigenvalue weighted by Crippen LogP contribution is -2.41.